The Morgan fingerprint density at radius 3 is 2.72 bits per heavy atom. The summed E-state index contributed by atoms with van der Waals surface area (Å²) in [5, 5.41) is 23.4. The van der Waals surface area contributed by atoms with Crippen molar-refractivity contribution in [2.45, 2.75) is 13.8 Å². The molecule has 0 aliphatic rings. The van der Waals surface area contributed by atoms with Crippen molar-refractivity contribution in [1.29, 1.82) is 0 Å². The van der Waals surface area contributed by atoms with Gasteiger partial charge in [-0.05, 0) is 69.0 Å². The van der Waals surface area contributed by atoms with E-state index < -0.39 is 5.91 Å². The lowest BCUT2D eigenvalue weighted by molar-refractivity contribution is -0.123. The molecule has 2 aromatic carbocycles. The van der Waals surface area contributed by atoms with E-state index in [-0.39, 0.29) is 22.6 Å². The molecule has 2 rings (SSSR count). The van der Waals surface area contributed by atoms with E-state index in [0.717, 1.165) is 11.1 Å². The molecule has 0 unspecified atom stereocenters. The van der Waals surface area contributed by atoms with Crippen molar-refractivity contribution in [1.82, 2.24) is 5.43 Å². The third kappa shape index (κ3) is 4.73. The van der Waals surface area contributed by atoms with Crippen LogP contribution in [0.25, 0.3) is 0 Å². The summed E-state index contributed by atoms with van der Waals surface area (Å²) >= 11 is 6.22. The van der Waals surface area contributed by atoms with Crippen molar-refractivity contribution in [3.05, 3.63) is 49.9 Å². The molecule has 8 heteroatoms. The van der Waals surface area contributed by atoms with Gasteiger partial charge in [0, 0.05) is 5.56 Å². The highest BCUT2D eigenvalue weighted by Crippen LogP contribution is 2.40. The topological polar surface area (TPSA) is 91.2 Å². The molecule has 0 aliphatic carbocycles. The second-order valence-electron chi connectivity index (χ2n) is 5.24. The first-order chi connectivity index (χ1) is 11.8. The minimum absolute atomic E-state index is 0.124. The van der Waals surface area contributed by atoms with Gasteiger partial charge in [0.15, 0.2) is 6.61 Å². The molecule has 6 nitrogen and oxygen atoms in total. The van der Waals surface area contributed by atoms with Crippen LogP contribution in [0.2, 0.25) is 0 Å². The lowest BCUT2D eigenvalue weighted by atomic mass is 10.1. The Labute approximate surface area is 161 Å². The van der Waals surface area contributed by atoms with Crippen LogP contribution >= 0.6 is 31.9 Å². The van der Waals surface area contributed by atoms with Gasteiger partial charge in [0.05, 0.1) is 10.7 Å². The number of phenolic OH excluding ortho intramolecular Hbond substituents is 2. The second kappa shape index (κ2) is 8.35. The first-order valence-electron chi connectivity index (χ1n) is 7.22. The Hall–Kier alpha value is -2.06. The number of nitrogens with one attached hydrogen (secondary N) is 1. The summed E-state index contributed by atoms with van der Waals surface area (Å²) in [5.74, 6) is -0.109. The fourth-order valence-corrected chi connectivity index (χ4v) is 3.10. The zero-order valence-electron chi connectivity index (χ0n) is 13.5. The van der Waals surface area contributed by atoms with Crippen molar-refractivity contribution in [3.63, 3.8) is 0 Å². The number of hydrazone groups is 1. The molecule has 25 heavy (non-hydrogen) atoms. The number of carbonyl (C=O) groups is 1. The zero-order valence-corrected chi connectivity index (χ0v) is 16.7. The predicted octanol–water partition coefficient (Wildman–Crippen LogP) is 3.77. The van der Waals surface area contributed by atoms with E-state index in [9.17, 15) is 15.0 Å². The second-order valence-corrected chi connectivity index (χ2v) is 6.89. The molecular weight excluding hydrogens is 456 g/mol. The Morgan fingerprint density at radius 1 is 1.28 bits per heavy atom. The van der Waals surface area contributed by atoms with Gasteiger partial charge in [0.1, 0.15) is 21.7 Å². The molecule has 132 valence electrons. The summed E-state index contributed by atoms with van der Waals surface area (Å²) in [4.78, 5) is 11.8. The quantitative estimate of drug-likeness (QED) is 0.457. The molecule has 0 saturated heterocycles. The van der Waals surface area contributed by atoms with Gasteiger partial charge >= 0.3 is 0 Å². The summed E-state index contributed by atoms with van der Waals surface area (Å²) in [6, 6.07) is 7.09. The normalized spacial score (nSPS) is 10.9. The fourth-order valence-electron chi connectivity index (χ4n) is 1.95. The fraction of sp³-hybridized carbons (Fsp3) is 0.176. The molecule has 1 amide bonds. The van der Waals surface area contributed by atoms with Gasteiger partial charge in [0.25, 0.3) is 5.91 Å². The van der Waals surface area contributed by atoms with E-state index in [1.54, 1.807) is 6.07 Å². The van der Waals surface area contributed by atoms with E-state index in [2.05, 4.69) is 42.4 Å². The number of rotatable bonds is 5. The van der Waals surface area contributed by atoms with Gasteiger partial charge in [-0.1, -0.05) is 12.1 Å². The highest BCUT2D eigenvalue weighted by molar-refractivity contribution is 9.11. The third-order valence-corrected chi connectivity index (χ3v) is 4.86. The van der Waals surface area contributed by atoms with Gasteiger partial charge in [-0.2, -0.15) is 5.10 Å². The number of carbonyl (C=O) groups excluding carboxylic acids is 1. The number of aromatic hydroxyl groups is 2. The van der Waals surface area contributed by atoms with E-state index in [1.165, 1.54) is 12.3 Å². The number of amides is 1. The standard InChI is InChI=1S/C17H16Br2N2O4/c1-9-4-3-5-13(10(9)2)25-8-14(22)21-20-7-11-6-12(18)17(24)15(19)16(11)23/h3-7,23-24H,8H2,1-2H3,(H,21,22)/b20-7+. The van der Waals surface area contributed by atoms with Gasteiger partial charge in [0.2, 0.25) is 0 Å². The number of benzene rings is 2. The maximum absolute atomic E-state index is 11.8. The Balaban J connectivity index is 1.96. The van der Waals surface area contributed by atoms with Crippen LogP contribution in [0, 0.1) is 13.8 Å². The van der Waals surface area contributed by atoms with Crippen LogP contribution in [-0.2, 0) is 4.79 Å². The van der Waals surface area contributed by atoms with E-state index in [4.69, 9.17) is 4.74 Å². The van der Waals surface area contributed by atoms with Crippen LogP contribution in [0.15, 0.2) is 38.3 Å². The highest BCUT2D eigenvalue weighted by atomic mass is 79.9. The van der Waals surface area contributed by atoms with Crippen molar-refractivity contribution < 1.29 is 19.7 Å². The smallest absolute Gasteiger partial charge is 0.277 e. The maximum Gasteiger partial charge on any atom is 0.277 e. The summed E-state index contributed by atoms with van der Waals surface area (Å²) in [5.41, 5.74) is 4.68. The summed E-state index contributed by atoms with van der Waals surface area (Å²) < 4.78 is 5.99. The average molecular weight is 472 g/mol. The first-order valence-corrected chi connectivity index (χ1v) is 8.80. The molecule has 0 aromatic heterocycles. The van der Waals surface area contributed by atoms with Gasteiger partial charge in [-0.3, -0.25) is 4.79 Å². The van der Waals surface area contributed by atoms with Crippen LogP contribution in [0.5, 0.6) is 17.2 Å². The van der Waals surface area contributed by atoms with Crippen LogP contribution in [-0.4, -0.2) is 28.9 Å². The van der Waals surface area contributed by atoms with E-state index in [0.29, 0.717) is 15.8 Å². The van der Waals surface area contributed by atoms with Crippen LogP contribution < -0.4 is 10.2 Å². The van der Waals surface area contributed by atoms with Crippen molar-refractivity contribution in [2.75, 3.05) is 6.61 Å². The van der Waals surface area contributed by atoms with Crippen molar-refractivity contribution >= 4 is 44.0 Å². The first kappa shape index (κ1) is 19.3. The number of halogens is 2. The Kier molecular flexibility index (Phi) is 6.44. The van der Waals surface area contributed by atoms with Crippen LogP contribution in [0.4, 0.5) is 0 Å². The molecule has 0 heterocycles. The molecule has 0 atom stereocenters. The Morgan fingerprint density at radius 2 is 2.00 bits per heavy atom. The lowest BCUT2D eigenvalue weighted by Crippen LogP contribution is -2.24. The number of hydrogen-bond donors (Lipinski definition) is 3. The third-order valence-electron chi connectivity index (χ3n) is 3.50. The molecule has 3 N–H and O–H groups in total. The lowest BCUT2D eigenvalue weighted by Gasteiger charge is -2.10. The van der Waals surface area contributed by atoms with Crippen LogP contribution in [0.1, 0.15) is 16.7 Å². The van der Waals surface area contributed by atoms with Crippen molar-refractivity contribution in [2.24, 2.45) is 5.10 Å². The van der Waals surface area contributed by atoms with Gasteiger partial charge < -0.3 is 14.9 Å². The minimum atomic E-state index is -0.437. The van der Waals surface area contributed by atoms with Gasteiger partial charge in [-0.15, -0.1) is 0 Å². The predicted molar refractivity (Wildman–Crippen MR) is 102 cm³/mol. The molecule has 0 spiro atoms. The molecule has 2 aromatic rings. The number of nitrogens with zero attached hydrogens (tertiary/aromatic N) is 1. The summed E-state index contributed by atoms with van der Waals surface area (Å²) in [6.07, 6.45) is 1.26. The van der Waals surface area contributed by atoms with E-state index in [1.807, 2.05) is 26.0 Å². The largest absolute Gasteiger partial charge is 0.506 e. The van der Waals surface area contributed by atoms with Gasteiger partial charge in [-0.25, -0.2) is 5.43 Å². The SMILES string of the molecule is Cc1cccc(OCC(=O)N/N=C/c2cc(Br)c(O)c(Br)c2O)c1C. The molecular formula is C17H16Br2N2O4. The molecule has 0 bridgehead atoms. The number of phenols is 2. The minimum Gasteiger partial charge on any atom is -0.506 e. The zero-order chi connectivity index (χ0) is 18.6. The number of hydrogen-bond acceptors (Lipinski definition) is 5. The molecule has 0 saturated carbocycles. The van der Waals surface area contributed by atoms with Crippen molar-refractivity contribution in [3.8, 4) is 17.2 Å². The van der Waals surface area contributed by atoms with E-state index >= 15 is 0 Å². The number of aryl methyl sites for hydroxylation is 1. The molecule has 0 fully saturated rings. The molecule has 0 aliphatic heterocycles. The highest BCUT2D eigenvalue weighted by Gasteiger charge is 2.13. The Bertz CT molecular complexity index is 838. The monoisotopic (exact) mass is 470 g/mol. The maximum atomic E-state index is 11.8. The van der Waals surface area contributed by atoms with Crippen LogP contribution in [0.3, 0.4) is 0 Å². The number of ether oxygens (including phenoxy) is 1. The average Bonchev–Trinajstić information content (AvgIpc) is 2.58. The summed E-state index contributed by atoms with van der Waals surface area (Å²) in [6.45, 7) is 3.70. The molecule has 0 radical (unpaired) electrons. The summed E-state index contributed by atoms with van der Waals surface area (Å²) in [7, 11) is 0.